The molecular weight excluding hydrogens is 1490 g/mol. The quantitative estimate of drug-likeness (QED) is 0.0157. The molecule has 0 bridgehead atoms. The second-order valence-electron chi connectivity index (χ2n) is 23.0. The number of hydrogen-bond acceptors (Lipinski definition) is 38. The van der Waals surface area contributed by atoms with Crippen molar-refractivity contribution in [1.29, 1.82) is 0 Å². The van der Waals surface area contributed by atoms with Crippen LogP contribution < -0.4 is 30.6 Å². The van der Waals surface area contributed by atoms with Crippen LogP contribution in [0.3, 0.4) is 0 Å². The summed E-state index contributed by atoms with van der Waals surface area (Å²) < 4.78 is 113. The highest BCUT2D eigenvalue weighted by Crippen LogP contribution is 2.46. The molecular formula is C54H101N3O34P4S4-4. The van der Waals surface area contributed by atoms with Gasteiger partial charge in [-0.1, -0.05) is 35.4 Å². The van der Waals surface area contributed by atoms with Gasteiger partial charge in [-0.25, -0.2) is 0 Å². The third-order valence-electron chi connectivity index (χ3n) is 14.5. The number of carbonyl (C=O) groups is 3. The van der Waals surface area contributed by atoms with Crippen molar-refractivity contribution in [1.82, 2.24) is 16.0 Å². The molecule has 10 unspecified atom stereocenters. The van der Waals surface area contributed by atoms with Gasteiger partial charge >= 0.3 is 0 Å². The van der Waals surface area contributed by atoms with Crippen molar-refractivity contribution in [3.63, 3.8) is 0 Å². The van der Waals surface area contributed by atoms with Crippen molar-refractivity contribution in [2.75, 3.05) is 146 Å². The van der Waals surface area contributed by atoms with E-state index in [9.17, 15) is 79.6 Å². The number of aliphatic hydroxyl groups is 9. The number of aliphatic hydroxyl groups excluding tert-OH is 9. The molecule has 0 radical (unpaired) electrons. The zero-order valence-corrected chi connectivity index (χ0v) is 62.6. The molecule has 3 rings (SSSR count). The normalized spacial score (nSPS) is 29.0. The summed E-state index contributed by atoms with van der Waals surface area (Å²) in [6, 6.07) is -3.39. The van der Waals surface area contributed by atoms with Crippen LogP contribution in [0.25, 0.3) is 0 Å². The highest BCUT2D eigenvalue weighted by Gasteiger charge is 2.48. The van der Waals surface area contributed by atoms with Crippen molar-refractivity contribution in [3.8, 4) is 0 Å². The fourth-order valence-corrected chi connectivity index (χ4v) is 13.9. The summed E-state index contributed by atoms with van der Waals surface area (Å²) in [5.41, 5.74) is -1.09. The van der Waals surface area contributed by atoms with Crippen LogP contribution in [0.2, 0.25) is 0 Å². The molecule has 3 aliphatic rings. The summed E-state index contributed by atoms with van der Waals surface area (Å²) in [5.74, 6) is -1.55. The zero-order chi connectivity index (χ0) is 73.7. The van der Waals surface area contributed by atoms with Gasteiger partial charge in [0.05, 0.1) is 97.9 Å². The van der Waals surface area contributed by atoms with Crippen LogP contribution >= 0.6 is 27.0 Å². The third-order valence-corrected chi connectivity index (χ3v) is 21.1. The van der Waals surface area contributed by atoms with Crippen LogP contribution in [-0.4, -0.2) is 301 Å². The Hall–Kier alpha value is -0.260. The Bertz CT molecular complexity index is 2250. The molecule has 12 N–H and O–H groups in total. The molecule has 99 heavy (non-hydrogen) atoms. The second-order valence-corrected chi connectivity index (χ2v) is 34.1. The maximum absolute atomic E-state index is 13.0. The maximum atomic E-state index is 13.0. The fourth-order valence-electron chi connectivity index (χ4n) is 9.50. The van der Waals surface area contributed by atoms with E-state index in [1.165, 1.54) is 20.8 Å². The van der Waals surface area contributed by atoms with Gasteiger partial charge in [0.2, 0.25) is 17.7 Å². The van der Waals surface area contributed by atoms with E-state index in [4.69, 9.17) is 131 Å². The zero-order valence-electron chi connectivity index (χ0n) is 55.7. The molecule has 584 valence electrons. The molecule has 0 saturated carbocycles. The molecule has 0 aromatic rings. The highest BCUT2D eigenvalue weighted by molar-refractivity contribution is 8.32. The number of carbonyl (C=O) groups excluding carboxylic acids is 3. The molecule has 19 atom stereocenters. The van der Waals surface area contributed by atoms with Crippen LogP contribution in [-0.2, 0) is 150 Å². The first-order valence-corrected chi connectivity index (χ1v) is 42.2. The summed E-state index contributed by atoms with van der Waals surface area (Å²) >= 11 is 20.1. The Kier molecular flexibility index (Phi) is 46.6. The van der Waals surface area contributed by atoms with Crippen molar-refractivity contribution in [3.05, 3.63) is 0 Å². The van der Waals surface area contributed by atoms with E-state index < -0.39 is 162 Å². The average molecular weight is 1590 g/mol. The molecule has 3 amide bonds. The third kappa shape index (κ3) is 37.4. The van der Waals surface area contributed by atoms with E-state index in [1.807, 2.05) is 0 Å². The molecule has 0 aromatic carbocycles. The Morgan fingerprint density at radius 2 is 0.657 bits per heavy atom. The van der Waals surface area contributed by atoms with Crippen molar-refractivity contribution in [2.24, 2.45) is 5.41 Å². The van der Waals surface area contributed by atoms with Crippen LogP contribution in [0, 0.1) is 5.41 Å². The number of hydrogen-bond donors (Lipinski definition) is 12. The SMILES string of the molecule is COP([O-])(=S)OCCCOCC(COCCCOP(=O)([S-])OCCCCO[C@@H]1OC(CO)[C@H](O)[C@H](O)C1NC(C)=O)(COCCCOP([O-])(=S)OCCCCO[C@@H]1OC(CO)[C@H](O)[C@H](O)C1NC(C)=O)COCCCOP([O-])(=S)OCCCCO[C@@H]1OC(CO)[C@H](O)[C@H](O)C1NC(C)=O. The molecule has 3 aliphatic heterocycles. The topological polar surface area (TPSA) is 522 Å². The summed E-state index contributed by atoms with van der Waals surface area (Å²) in [6.07, 6.45) is -13.5. The lowest BCUT2D eigenvalue weighted by Crippen LogP contribution is -2.64. The Morgan fingerprint density at radius 1 is 0.414 bits per heavy atom. The van der Waals surface area contributed by atoms with Crippen LogP contribution in [0.4, 0.5) is 0 Å². The number of ether oxygens (including phenoxy) is 10. The number of amides is 3. The molecule has 0 spiro atoms. The molecule has 0 aromatic heterocycles. The number of nitrogens with one attached hydrogen (secondary N) is 3. The van der Waals surface area contributed by atoms with Crippen LogP contribution in [0.15, 0.2) is 0 Å². The number of unbranched alkanes of at least 4 members (excludes halogenated alkanes) is 3. The maximum Gasteiger partial charge on any atom is 0.217 e. The standard InChI is InChI=1S/C54H105N3O34P4S4/c1-36(61)55-42-48(67)45(64)39(29-58)89-51(42)79-19-5-8-22-83-93(71,97)86-26-12-16-76-33-54(32-75-15-11-25-82-92(70,96)74-4,34-77-17-13-27-87-94(72,98)84-23-9-6-20-80-52-43(56-37(2)62)49(68)46(65)40(30-59)90-52)35-78-18-14-28-88-95(73,99)85-24-10-7-21-81-53-44(57-38(3)63)50(69)47(66)41(31-60)91-53/h39-53,58-60,64-69H,5-35H2,1-4H3,(H,55,61)(H,56,62)(H,57,63)(H,70,96)(H,71,97)(H,72,98)(H,73,99)/p-4/t39?,40?,41?,42?,43?,44?,45-,46-,47-,48+,49+,50+,51+,52+,53+,54?,92?,93?,94?,95?/m0/s1. The Morgan fingerprint density at radius 3 is 0.919 bits per heavy atom. The summed E-state index contributed by atoms with van der Waals surface area (Å²) in [6.45, 7) is -14.9. The van der Waals surface area contributed by atoms with Gasteiger partial charge < -0.3 is 172 Å². The lowest BCUT2D eigenvalue weighted by Gasteiger charge is -2.42. The molecule has 3 saturated heterocycles. The van der Waals surface area contributed by atoms with Crippen molar-refractivity contribution >= 4 is 92.3 Å². The van der Waals surface area contributed by atoms with E-state index in [2.05, 4.69) is 16.0 Å². The smallest absolute Gasteiger partial charge is 0.217 e. The molecule has 37 nitrogen and oxygen atoms in total. The first-order chi connectivity index (χ1) is 46.8. The molecule has 0 aliphatic carbocycles. The van der Waals surface area contributed by atoms with Crippen molar-refractivity contribution in [2.45, 2.75) is 177 Å². The van der Waals surface area contributed by atoms with Crippen LogP contribution in [0.5, 0.6) is 0 Å². The minimum absolute atomic E-state index is 0.0153. The minimum Gasteiger partial charge on any atom is -0.780 e. The first kappa shape index (κ1) is 92.9. The predicted molar refractivity (Wildman–Crippen MR) is 352 cm³/mol. The van der Waals surface area contributed by atoms with Gasteiger partial charge in [-0.3, -0.25) is 18.9 Å². The lowest BCUT2D eigenvalue weighted by atomic mass is 9.92. The largest absolute Gasteiger partial charge is 0.780 e. The van der Waals surface area contributed by atoms with Gasteiger partial charge in [0.25, 0.3) is 0 Å². The second kappa shape index (κ2) is 49.6. The molecule has 45 heteroatoms. The molecule has 3 fully saturated rings. The Balaban J connectivity index is 1.58. The van der Waals surface area contributed by atoms with E-state index in [0.717, 1.165) is 7.11 Å². The number of rotatable bonds is 56. The van der Waals surface area contributed by atoms with Crippen LogP contribution in [0.1, 0.15) is 85.0 Å². The van der Waals surface area contributed by atoms with Gasteiger partial charge in [-0.15, -0.1) is 0 Å². The van der Waals surface area contributed by atoms with E-state index >= 15 is 0 Å². The fraction of sp³-hybridized carbons (Fsp3) is 0.944. The summed E-state index contributed by atoms with van der Waals surface area (Å²) in [7, 11) is 1.15. The van der Waals surface area contributed by atoms with Crippen molar-refractivity contribution < 1.29 is 163 Å². The minimum atomic E-state index is -3.99. The van der Waals surface area contributed by atoms with E-state index in [0.29, 0.717) is 19.3 Å². The van der Waals surface area contributed by atoms with Gasteiger partial charge in [0, 0.05) is 74.1 Å². The van der Waals surface area contributed by atoms with E-state index in [-0.39, 0.29) is 164 Å². The average Bonchev–Trinajstić information content (AvgIpc) is 0.822. The van der Waals surface area contributed by atoms with Gasteiger partial charge in [0.15, 0.2) is 25.7 Å². The van der Waals surface area contributed by atoms with Gasteiger partial charge in [0.1, 0.15) is 93.2 Å². The van der Waals surface area contributed by atoms with Gasteiger partial charge in [-0.2, -0.15) is 0 Å². The van der Waals surface area contributed by atoms with Gasteiger partial charge in [-0.05, 0) is 64.2 Å². The Labute approximate surface area is 596 Å². The first-order valence-electron chi connectivity index (χ1n) is 32.0. The summed E-state index contributed by atoms with van der Waals surface area (Å²) in [5, 5.41) is 98.4. The highest BCUT2D eigenvalue weighted by atomic mass is 32.7. The lowest BCUT2D eigenvalue weighted by molar-refractivity contribution is -0.270. The predicted octanol–water partition coefficient (Wildman–Crippen LogP) is -4.01. The van der Waals surface area contributed by atoms with E-state index in [1.54, 1.807) is 0 Å². The monoisotopic (exact) mass is 1590 g/mol. The summed E-state index contributed by atoms with van der Waals surface area (Å²) in [4.78, 5) is 73.5. The molecule has 3 heterocycles.